The van der Waals surface area contributed by atoms with Crippen molar-refractivity contribution in [2.75, 3.05) is 14.2 Å². The number of methoxy groups -OCH3 is 2. The van der Waals surface area contributed by atoms with E-state index in [1.165, 1.54) is 44.6 Å². The van der Waals surface area contributed by atoms with Gasteiger partial charge in [-0.25, -0.2) is 0 Å². The van der Waals surface area contributed by atoms with Gasteiger partial charge in [0.25, 0.3) is 11.4 Å². The third-order valence-corrected chi connectivity index (χ3v) is 4.51. The summed E-state index contributed by atoms with van der Waals surface area (Å²) in [6, 6.07) is 8.41. The number of nitro benzene ring substituents is 2. The molecular weight excluding hydrogens is 440 g/mol. The third kappa shape index (κ3) is 7.16. The molecule has 0 aromatic heterocycles. The second-order valence-electron chi connectivity index (χ2n) is 6.65. The number of carbonyl (C=O) groups excluding carboxylic acids is 2. The summed E-state index contributed by atoms with van der Waals surface area (Å²) in [5.41, 5.74) is -0.0706. The maximum absolute atomic E-state index is 12.0. The molecule has 2 rings (SSSR count). The monoisotopic (exact) mass is 462 g/mol. The minimum atomic E-state index is -0.661. The molecule has 0 radical (unpaired) electrons. The predicted octanol–water partition coefficient (Wildman–Crippen LogP) is 3.48. The molecule has 0 aliphatic rings. The molecule has 0 aliphatic heterocycles. The van der Waals surface area contributed by atoms with E-state index in [9.17, 15) is 29.8 Å². The van der Waals surface area contributed by atoms with E-state index < -0.39 is 21.8 Å². The number of esters is 2. The largest absolute Gasteiger partial charge is 0.493 e. The van der Waals surface area contributed by atoms with Gasteiger partial charge in [0.2, 0.25) is 0 Å². The number of nitrogens with zero attached hydrogens (tertiary/aromatic N) is 2. The van der Waals surface area contributed by atoms with Gasteiger partial charge in [0.05, 0.1) is 41.3 Å². The van der Waals surface area contributed by atoms with Gasteiger partial charge in [-0.1, -0.05) is 12.1 Å². The number of rotatable bonds is 12. The summed E-state index contributed by atoms with van der Waals surface area (Å²) < 4.78 is 20.2. The first-order chi connectivity index (χ1) is 15.8. The predicted molar refractivity (Wildman–Crippen MR) is 113 cm³/mol. The molecule has 0 heterocycles. The van der Waals surface area contributed by atoms with Crippen molar-refractivity contribution >= 4 is 23.3 Å². The number of para-hydroxylation sites is 1. The average Bonchev–Trinajstić information content (AvgIpc) is 2.80. The summed E-state index contributed by atoms with van der Waals surface area (Å²) in [4.78, 5) is 44.9. The Kier molecular flexibility index (Phi) is 9.09. The van der Waals surface area contributed by atoms with Crippen molar-refractivity contribution in [3.8, 4) is 11.5 Å². The summed E-state index contributed by atoms with van der Waals surface area (Å²) in [5, 5.41) is 22.3. The van der Waals surface area contributed by atoms with Crippen LogP contribution >= 0.6 is 0 Å². The second-order valence-corrected chi connectivity index (χ2v) is 6.65. The normalized spacial score (nSPS) is 10.2. The van der Waals surface area contributed by atoms with E-state index in [1.807, 2.05) is 0 Å². The summed E-state index contributed by atoms with van der Waals surface area (Å²) >= 11 is 0. The van der Waals surface area contributed by atoms with Crippen LogP contribution in [0.15, 0.2) is 36.4 Å². The molecule has 2 aromatic rings. The molecule has 0 aliphatic carbocycles. The van der Waals surface area contributed by atoms with Gasteiger partial charge >= 0.3 is 11.9 Å². The van der Waals surface area contributed by atoms with E-state index in [0.29, 0.717) is 0 Å². The molecule has 176 valence electrons. The number of hydrogen-bond acceptors (Lipinski definition) is 10. The lowest BCUT2D eigenvalue weighted by atomic mass is 10.1. The topological polar surface area (TPSA) is 157 Å². The fraction of sp³-hybridized carbons (Fsp3) is 0.333. The molecule has 0 N–H and O–H groups in total. The zero-order valence-electron chi connectivity index (χ0n) is 18.0. The fourth-order valence-electron chi connectivity index (χ4n) is 2.84. The van der Waals surface area contributed by atoms with Gasteiger partial charge in [-0.15, -0.1) is 0 Å². The van der Waals surface area contributed by atoms with E-state index in [4.69, 9.17) is 18.9 Å². The molecule has 0 amide bonds. The van der Waals surface area contributed by atoms with Crippen LogP contribution in [-0.2, 0) is 32.3 Å². The molecule has 0 atom stereocenters. The van der Waals surface area contributed by atoms with Crippen LogP contribution < -0.4 is 9.47 Å². The van der Waals surface area contributed by atoms with Crippen LogP contribution in [0.5, 0.6) is 11.5 Å². The summed E-state index contributed by atoms with van der Waals surface area (Å²) in [7, 11) is 2.71. The number of carbonyl (C=O) groups is 2. The second kappa shape index (κ2) is 12.0. The Hall–Kier alpha value is -4.22. The smallest absolute Gasteiger partial charge is 0.306 e. The van der Waals surface area contributed by atoms with Crippen molar-refractivity contribution in [2.45, 2.75) is 32.5 Å². The molecule has 12 nitrogen and oxygen atoms in total. The molecule has 2 aromatic carbocycles. The minimum absolute atomic E-state index is 0.105. The Morgan fingerprint density at radius 3 is 1.85 bits per heavy atom. The Balaban J connectivity index is 1.82. The Morgan fingerprint density at radius 2 is 1.30 bits per heavy atom. The lowest BCUT2D eigenvalue weighted by Crippen LogP contribution is -2.09. The van der Waals surface area contributed by atoms with Crippen molar-refractivity contribution in [1.82, 2.24) is 0 Å². The molecule has 12 heteroatoms. The van der Waals surface area contributed by atoms with Crippen LogP contribution in [0.4, 0.5) is 11.4 Å². The Morgan fingerprint density at radius 1 is 0.788 bits per heavy atom. The van der Waals surface area contributed by atoms with Crippen molar-refractivity contribution in [3.05, 3.63) is 67.8 Å². The van der Waals surface area contributed by atoms with E-state index >= 15 is 0 Å². The molecular formula is C21H22N2O10. The summed E-state index contributed by atoms with van der Waals surface area (Å²) in [6.45, 7) is -0.624. The van der Waals surface area contributed by atoms with E-state index in [1.54, 1.807) is 6.07 Å². The molecule has 0 unspecified atom stereocenters. The van der Waals surface area contributed by atoms with Crippen LogP contribution in [0.3, 0.4) is 0 Å². The van der Waals surface area contributed by atoms with Gasteiger partial charge in [-0.2, -0.15) is 0 Å². The first-order valence-corrected chi connectivity index (χ1v) is 9.69. The number of benzene rings is 2. The Labute approximate surface area is 188 Å². The first kappa shape index (κ1) is 25.0. The standard InChI is InChI=1S/C21H22N2O10/c1-30-18-10-15(17(23(28)29)11-19(18)31-2)13-33-21(25)9-5-8-20(24)32-12-14-6-3-4-7-16(14)22(26)27/h3-4,6-7,10-11H,5,8-9,12-13H2,1-2H3. The maximum Gasteiger partial charge on any atom is 0.306 e. The quantitative estimate of drug-likeness (QED) is 0.260. The molecule has 0 saturated carbocycles. The third-order valence-electron chi connectivity index (χ3n) is 4.51. The fourth-order valence-corrected chi connectivity index (χ4v) is 2.84. The SMILES string of the molecule is COc1cc(COC(=O)CCCC(=O)OCc2ccccc2[N+](=O)[O-])c([N+](=O)[O-])cc1OC. The highest BCUT2D eigenvalue weighted by Gasteiger charge is 2.21. The molecule has 0 saturated heterocycles. The van der Waals surface area contributed by atoms with Gasteiger partial charge in [-0.3, -0.25) is 29.8 Å². The van der Waals surface area contributed by atoms with Gasteiger partial charge in [-0.05, 0) is 18.6 Å². The Bertz CT molecular complexity index is 1040. The lowest BCUT2D eigenvalue weighted by Gasteiger charge is -2.11. The molecule has 0 bridgehead atoms. The van der Waals surface area contributed by atoms with Gasteiger partial charge < -0.3 is 18.9 Å². The van der Waals surface area contributed by atoms with Gasteiger partial charge in [0.15, 0.2) is 11.5 Å². The van der Waals surface area contributed by atoms with Crippen molar-refractivity contribution in [2.24, 2.45) is 0 Å². The van der Waals surface area contributed by atoms with Gasteiger partial charge in [0, 0.05) is 18.9 Å². The number of nitro groups is 2. The number of ether oxygens (including phenoxy) is 4. The molecule has 33 heavy (non-hydrogen) atoms. The molecule has 0 fully saturated rings. The van der Waals surface area contributed by atoms with Crippen LogP contribution in [0, 0.1) is 20.2 Å². The highest BCUT2D eigenvalue weighted by atomic mass is 16.6. The summed E-state index contributed by atoms with van der Waals surface area (Å²) in [6.07, 6.45) is -0.115. The maximum atomic E-state index is 12.0. The van der Waals surface area contributed by atoms with Crippen molar-refractivity contribution in [1.29, 1.82) is 0 Å². The van der Waals surface area contributed by atoms with Crippen LogP contribution in [0.1, 0.15) is 30.4 Å². The van der Waals surface area contributed by atoms with Crippen molar-refractivity contribution in [3.63, 3.8) is 0 Å². The van der Waals surface area contributed by atoms with E-state index in [2.05, 4.69) is 0 Å². The number of hydrogen-bond donors (Lipinski definition) is 0. The average molecular weight is 462 g/mol. The van der Waals surface area contributed by atoms with Crippen LogP contribution in [0.25, 0.3) is 0 Å². The zero-order chi connectivity index (χ0) is 24.4. The van der Waals surface area contributed by atoms with E-state index in [-0.39, 0.29) is 66.5 Å². The van der Waals surface area contributed by atoms with Crippen molar-refractivity contribution < 1.29 is 38.4 Å². The van der Waals surface area contributed by atoms with E-state index in [0.717, 1.165) is 0 Å². The highest BCUT2D eigenvalue weighted by molar-refractivity contribution is 5.72. The zero-order valence-corrected chi connectivity index (χ0v) is 18.0. The summed E-state index contributed by atoms with van der Waals surface area (Å²) in [5.74, 6) is -0.878. The minimum Gasteiger partial charge on any atom is -0.493 e. The van der Waals surface area contributed by atoms with Crippen LogP contribution in [-0.4, -0.2) is 36.0 Å². The highest BCUT2D eigenvalue weighted by Crippen LogP contribution is 2.34. The lowest BCUT2D eigenvalue weighted by molar-refractivity contribution is -0.386. The van der Waals surface area contributed by atoms with Crippen LogP contribution in [0.2, 0.25) is 0 Å². The molecule has 0 spiro atoms. The van der Waals surface area contributed by atoms with Gasteiger partial charge in [0.1, 0.15) is 13.2 Å². The first-order valence-electron chi connectivity index (χ1n) is 9.69.